The minimum atomic E-state index is -2.25. The van der Waals surface area contributed by atoms with Crippen LogP contribution >= 0.6 is 0 Å². The van der Waals surface area contributed by atoms with Crippen LogP contribution < -0.4 is 10.2 Å². The summed E-state index contributed by atoms with van der Waals surface area (Å²) in [4.78, 5) is 16.7. The van der Waals surface area contributed by atoms with Crippen LogP contribution in [0, 0.1) is 29.1 Å². The molecular weight excluding hydrogens is 393 g/mol. The van der Waals surface area contributed by atoms with Gasteiger partial charge in [-0.05, 0) is 18.7 Å². The fourth-order valence-electron chi connectivity index (χ4n) is 3.32. The summed E-state index contributed by atoms with van der Waals surface area (Å²) in [6.07, 6.45) is -0.982. The van der Waals surface area contributed by atoms with Gasteiger partial charge < -0.3 is 15.1 Å². The first kappa shape index (κ1) is 21.0. The second kappa shape index (κ2) is 8.77. The van der Waals surface area contributed by atoms with Crippen LogP contribution in [0.4, 0.5) is 33.3 Å². The monoisotopic (exact) mass is 413 g/mol. The lowest BCUT2D eigenvalue weighted by molar-refractivity contribution is -0.115. The molecule has 0 spiro atoms. The first-order chi connectivity index (χ1) is 13.8. The number of carbonyl (C=O) groups is 1. The Morgan fingerprint density at radius 2 is 1.45 bits per heavy atom. The van der Waals surface area contributed by atoms with Gasteiger partial charge in [-0.1, -0.05) is 19.1 Å². The number of piperazine rings is 1. The molecule has 1 heterocycles. The van der Waals surface area contributed by atoms with Crippen molar-refractivity contribution in [2.24, 2.45) is 0 Å². The second-order valence-electron chi connectivity index (χ2n) is 6.71. The van der Waals surface area contributed by atoms with Gasteiger partial charge in [0.1, 0.15) is 0 Å². The van der Waals surface area contributed by atoms with Gasteiger partial charge in [-0.2, -0.15) is 0 Å². The van der Waals surface area contributed by atoms with Gasteiger partial charge in [-0.3, -0.25) is 4.79 Å². The topological polar surface area (TPSA) is 35.6 Å². The van der Waals surface area contributed by atoms with Crippen molar-refractivity contribution in [1.29, 1.82) is 0 Å². The van der Waals surface area contributed by atoms with Crippen molar-refractivity contribution in [3.8, 4) is 0 Å². The van der Waals surface area contributed by atoms with Crippen LogP contribution in [-0.4, -0.2) is 43.5 Å². The Labute approximate surface area is 164 Å². The Bertz CT molecular complexity index is 884. The van der Waals surface area contributed by atoms with E-state index < -0.39 is 47.0 Å². The molecular formula is C20H20F5N3O. The smallest absolute Gasteiger partial charge is 0.229 e. The number of carbonyl (C=O) groups excluding carboxylic acids is 1. The highest BCUT2D eigenvalue weighted by Gasteiger charge is 2.27. The second-order valence-corrected chi connectivity index (χ2v) is 6.71. The van der Waals surface area contributed by atoms with E-state index in [2.05, 4.69) is 22.0 Å². The van der Waals surface area contributed by atoms with Crippen molar-refractivity contribution in [2.45, 2.75) is 13.3 Å². The maximum atomic E-state index is 13.8. The summed E-state index contributed by atoms with van der Waals surface area (Å²) in [5.74, 6) is -11.3. The molecule has 1 N–H and O–H groups in total. The van der Waals surface area contributed by atoms with E-state index >= 15 is 0 Å². The highest BCUT2D eigenvalue weighted by molar-refractivity contribution is 5.95. The van der Waals surface area contributed by atoms with Gasteiger partial charge >= 0.3 is 0 Å². The van der Waals surface area contributed by atoms with Crippen molar-refractivity contribution in [3.05, 3.63) is 58.9 Å². The SMILES string of the molecule is CCN1CCN(c2ccccc2NC(=O)Cc2c(F)c(F)c(F)c(F)c2F)CC1. The predicted octanol–water partition coefficient (Wildman–Crippen LogP) is 3.71. The largest absolute Gasteiger partial charge is 0.367 e. The summed E-state index contributed by atoms with van der Waals surface area (Å²) < 4.78 is 67.5. The first-order valence-electron chi connectivity index (χ1n) is 9.20. The Balaban J connectivity index is 1.78. The maximum Gasteiger partial charge on any atom is 0.229 e. The fraction of sp³-hybridized carbons (Fsp3) is 0.350. The maximum absolute atomic E-state index is 13.8. The molecule has 1 saturated heterocycles. The van der Waals surface area contributed by atoms with Gasteiger partial charge in [0.15, 0.2) is 23.3 Å². The normalized spacial score (nSPS) is 14.9. The average molecular weight is 413 g/mol. The number of benzene rings is 2. The number of hydrogen-bond donors (Lipinski definition) is 1. The third-order valence-electron chi connectivity index (χ3n) is 4.98. The van der Waals surface area contributed by atoms with E-state index in [9.17, 15) is 26.7 Å². The molecule has 0 radical (unpaired) electrons. The van der Waals surface area contributed by atoms with Crippen molar-refractivity contribution in [3.63, 3.8) is 0 Å². The zero-order valence-electron chi connectivity index (χ0n) is 15.7. The lowest BCUT2D eigenvalue weighted by Gasteiger charge is -2.36. The first-order valence-corrected chi connectivity index (χ1v) is 9.20. The number of likely N-dealkylation sites (N-methyl/N-ethyl adjacent to an activating group) is 1. The van der Waals surface area contributed by atoms with Crippen LogP contribution in [0.15, 0.2) is 24.3 Å². The number of nitrogens with one attached hydrogen (secondary N) is 1. The summed E-state index contributed by atoms with van der Waals surface area (Å²) in [6.45, 7) is 6.18. The number of hydrogen-bond acceptors (Lipinski definition) is 3. The molecule has 1 fully saturated rings. The molecule has 1 aliphatic heterocycles. The minimum absolute atomic E-state index is 0.409. The predicted molar refractivity (Wildman–Crippen MR) is 99.3 cm³/mol. The molecule has 3 rings (SSSR count). The number of halogens is 5. The van der Waals surface area contributed by atoms with E-state index in [0.29, 0.717) is 5.69 Å². The molecule has 2 aromatic rings. The van der Waals surface area contributed by atoms with Gasteiger partial charge in [0.25, 0.3) is 0 Å². The number of amides is 1. The van der Waals surface area contributed by atoms with Crippen molar-refractivity contribution >= 4 is 17.3 Å². The number of anilines is 2. The minimum Gasteiger partial charge on any atom is -0.367 e. The van der Waals surface area contributed by atoms with Crippen molar-refractivity contribution < 1.29 is 26.7 Å². The van der Waals surface area contributed by atoms with Gasteiger partial charge in [0.2, 0.25) is 11.7 Å². The Kier molecular flexibility index (Phi) is 6.36. The summed E-state index contributed by atoms with van der Waals surface area (Å²) in [5, 5.41) is 2.52. The summed E-state index contributed by atoms with van der Waals surface area (Å²) in [5.41, 5.74) is -0.0201. The lowest BCUT2D eigenvalue weighted by Crippen LogP contribution is -2.46. The van der Waals surface area contributed by atoms with Crippen molar-refractivity contribution in [1.82, 2.24) is 4.90 Å². The van der Waals surface area contributed by atoms with Crippen LogP contribution in [0.2, 0.25) is 0 Å². The van der Waals surface area contributed by atoms with E-state index in [0.717, 1.165) is 38.4 Å². The fourth-order valence-corrected chi connectivity index (χ4v) is 3.32. The zero-order valence-corrected chi connectivity index (χ0v) is 15.7. The van der Waals surface area contributed by atoms with Crippen LogP contribution in [0.5, 0.6) is 0 Å². The van der Waals surface area contributed by atoms with Gasteiger partial charge in [-0.15, -0.1) is 0 Å². The third-order valence-corrected chi connectivity index (χ3v) is 4.98. The van der Waals surface area contributed by atoms with E-state index in [-0.39, 0.29) is 0 Å². The highest BCUT2D eigenvalue weighted by atomic mass is 19.2. The molecule has 4 nitrogen and oxygen atoms in total. The van der Waals surface area contributed by atoms with E-state index in [4.69, 9.17) is 0 Å². The van der Waals surface area contributed by atoms with Gasteiger partial charge in [-0.25, -0.2) is 22.0 Å². The molecule has 0 saturated carbocycles. The van der Waals surface area contributed by atoms with E-state index in [1.165, 1.54) is 0 Å². The molecule has 156 valence electrons. The summed E-state index contributed by atoms with van der Waals surface area (Å²) in [7, 11) is 0. The average Bonchev–Trinajstić information content (AvgIpc) is 2.74. The molecule has 0 aromatic heterocycles. The molecule has 0 atom stereocenters. The molecule has 0 unspecified atom stereocenters. The van der Waals surface area contributed by atoms with Gasteiger partial charge in [0, 0.05) is 31.7 Å². The van der Waals surface area contributed by atoms with E-state index in [1.807, 2.05) is 0 Å². The quantitative estimate of drug-likeness (QED) is 0.461. The zero-order chi connectivity index (χ0) is 21.1. The summed E-state index contributed by atoms with van der Waals surface area (Å²) in [6, 6.07) is 6.90. The standard InChI is InChI=1S/C20H20F5N3O/c1-2-27-7-9-28(10-8-27)14-6-4-3-5-13(14)26-15(29)11-12-16(21)18(23)20(25)19(24)17(12)22/h3-6H,2,7-11H2,1H3,(H,26,29). The Hall–Kier alpha value is -2.68. The molecule has 9 heteroatoms. The molecule has 1 aliphatic rings. The molecule has 29 heavy (non-hydrogen) atoms. The molecule has 0 bridgehead atoms. The van der Waals surface area contributed by atoms with E-state index in [1.54, 1.807) is 24.3 Å². The van der Waals surface area contributed by atoms with Crippen LogP contribution in [0.1, 0.15) is 12.5 Å². The molecule has 2 aromatic carbocycles. The number of para-hydroxylation sites is 2. The van der Waals surface area contributed by atoms with Crippen LogP contribution in [0.25, 0.3) is 0 Å². The number of nitrogens with zero attached hydrogens (tertiary/aromatic N) is 2. The van der Waals surface area contributed by atoms with Gasteiger partial charge in [0.05, 0.1) is 17.8 Å². The molecule has 0 aliphatic carbocycles. The third kappa shape index (κ3) is 4.34. The molecule has 1 amide bonds. The highest BCUT2D eigenvalue weighted by Crippen LogP contribution is 2.28. The lowest BCUT2D eigenvalue weighted by atomic mass is 10.1. The number of rotatable bonds is 5. The Morgan fingerprint density at radius 1 is 0.897 bits per heavy atom. The van der Waals surface area contributed by atoms with Crippen LogP contribution in [0.3, 0.4) is 0 Å². The van der Waals surface area contributed by atoms with Crippen molar-refractivity contribution in [2.75, 3.05) is 42.9 Å². The summed E-state index contributed by atoms with van der Waals surface area (Å²) >= 11 is 0. The van der Waals surface area contributed by atoms with Crippen LogP contribution in [-0.2, 0) is 11.2 Å². The Morgan fingerprint density at radius 3 is 2.03 bits per heavy atom.